The number of ether oxygens (including phenoxy) is 1. The first-order chi connectivity index (χ1) is 13.3. The standard InChI is InChI=1S/C17H14F3N5O3/c1-28-15(26)12(21-16(27)17(18,19)20)9-14-23-22-13-8-7-11(24-25(13)14)10-5-3-2-4-6-10/h2-8,12H,9H2,1H3,(H,21,27)/t12-/m0/s1. The van der Waals surface area contributed by atoms with E-state index in [1.54, 1.807) is 17.4 Å². The first-order valence-electron chi connectivity index (χ1n) is 8.02. The van der Waals surface area contributed by atoms with E-state index in [-0.39, 0.29) is 12.2 Å². The molecular formula is C17H14F3N5O3. The van der Waals surface area contributed by atoms with Crippen LogP contribution in [-0.4, -0.2) is 51.0 Å². The van der Waals surface area contributed by atoms with Crippen LogP contribution in [0.1, 0.15) is 5.82 Å². The van der Waals surface area contributed by atoms with Gasteiger partial charge in [0, 0.05) is 12.0 Å². The molecule has 11 heteroatoms. The van der Waals surface area contributed by atoms with E-state index in [9.17, 15) is 22.8 Å². The summed E-state index contributed by atoms with van der Waals surface area (Å²) in [5, 5.41) is 13.7. The number of benzene rings is 1. The summed E-state index contributed by atoms with van der Waals surface area (Å²) in [6.45, 7) is 0. The molecule has 0 aliphatic rings. The number of methoxy groups -OCH3 is 1. The summed E-state index contributed by atoms with van der Waals surface area (Å²) in [6.07, 6.45) is -5.53. The molecule has 0 spiro atoms. The SMILES string of the molecule is COC(=O)[C@H](Cc1nnc2ccc(-c3ccccc3)nn12)NC(=O)C(F)(F)F. The van der Waals surface area contributed by atoms with Gasteiger partial charge in [-0.25, -0.2) is 4.79 Å². The molecule has 1 N–H and O–H groups in total. The molecule has 0 saturated heterocycles. The van der Waals surface area contributed by atoms with Gasteiger partial charge in [0.1, 0.15) is 6.04 Å². The number of esters is 1. The average molecular weight is 393 g/mol. The molecular weight excluding hydrogens is 379 g/mol. The van der Waals surface area contributed by atoms with Gasteiger partial charge in [0.15, 0.2) is 11.5 Å². The zero-order chi connectivity index (χ0) is 20.3. The molecule has 1 atom stereocenters. The summed E-state index contributed by atoms with van der Waals surface area (Å²) in [4.78, 5) is 23.1. The second kappa shape index (κ2) is 7.62. The van der Waals surface area contributed by atoms with Gasteiger partial charge in [0.25, 0.3) is 0 Å². The first kappa shape index (κ1) is 19.3. The summed E-state index contributed by atoms with van der Waals surface area (Å²) >= 11 is 0. The maximum atomic E-state index is 12.5. The Labute approximate surface area is 156 Å². The number of alkyl halides is 3. The molecule has 0 bridgehead atoms. The minimum absolute atomic E-state index is 0.0886. The maximum absolute atomic E-state index is 12.5. The second-order valence-corrected chi connectivity index (χ2v) is 5.72. The van der Waals surface area contributed by atoms with Gasteiger partial charge in [-0.3, -0.25) is 4.79 Å². The van der Waals surface area contributed by atoms with Crippen LogP contribution in [0.5, 0.6) is 0 Å². The molecule has 0 unspecified atom stereocenters. The second-order valence-electron chi connectivity index (χ2n) is 5.72. The lowest BCUT2D eigenvalue weighted by atomic mass is 10.1. The highest BCUT2D eigenvalue weighted by Gasteiger charge is 2.41. The number of carbonyl (C=O) groups excluding carboxylic acids is 2. The van der Waals surface area contributed by atoms with Crippen LogP contribution in [0.2, 0.25) is 0 Å². The van der Waals surface area contributed by atoms with Crippen molar-refractivity contribution in [3.05, 3.63) is 48.3 Å². The Bertz CT molecular complexity index is 1000. The van der Waals surface area contributed by atoms with Crippen molar-refractivity contribution in [1.29, 1.82) is 0 Å². The fraction of sp³-hybridized carbons (Fsp3) is 0.235. The van der Waals surface area contributed by atoms with Gasteiger partial charge in [-0.2, -0.15) is 22.8 Å². The largest absolute Gasteiger partial charge is 0.471 e. The molecule has 28 heavy (non-hydrogen) atoms. The van der Waals surface area contributed by atoms with Gasteiger partial charge in [0.2, 0.25) is 0 Å². The van der Waals surface area contributed by atoms with Crippen molar-refractivity contribution in [3.8, 4) is 11.3 Å². The quantitative estimate of drug-likeness (QED) is 0.661. The number of rotatable bonds is 5. The predicted octanol–water partition coefficient (Wildman–Crippen LogP) is 1.55. The molecule has 1 aromatic carbocycles. The monoisotopic (exact) mass is 393 g/mol. The lowest BCUT2D eigenvalue weighted by molar-refractivity contribution is -0.175. The Morgan fingerprint density at radius 3 is 2.50 bits per heavy atom. The number of hydrogen-bond donors (Lipinski definition) is 1. The number of aromatic nitrogens is 4. The van der Waals surface area contributed by atoms with E-state index < -0.39 is 24.1 Å². The van der Waals surface area contributed by atoms with Crippen molar-refractivity contribution in [2.24, 2.45) is 0 Å². The highest BCUT2D eigenvalue weighted by molar-refractivity contribution is 5.87. The van der Waals surface area contributed by atoms with Crippen LogP contribution in [0.4, 0.5) is 13.2 Å². The zero-order valence-corrected chi connectivity index (χ0v) is 14.5. The number of nitrogens with one attached hydrogen (secondary N) is 1. The Hall–Kier alpha value is -3.50. The number of carbonyl (C=O) groups is 2. The molecule has 0 aliphatic heterocycles. The Balaban J connectivity index is 1.92. The van der Waals surface area contributed by atoms with E-state index in [0.29, 0.717) is 11.3 Å². The topological polar surface area (TPSA) is 98.5 Å². The van der Waals surface area contributed by atoms with Gasteiger partial charge in [0.05, 0.1) is 12.8 Å². The Morgan fingerprint density at radius 2 is 1.86 bits per heavy atom. The third-order valence-electron chi connectivity index (χ3n) is 3.83. The average Bonchev–Trinajstić information content (AvgIpc) is 3.08. The van der Waals surface area contributed by atoms with Crippen molar-refractivity contribution >= 4 is 17.5 Å². The molecule has 0 fully saturated rings. The van der Waals surface area contributed by atoms with E-state index in [4.69, 9.17) is 0 Å². The number of nitrogens with zero attached hydrogens (tertiary/aromatic N) is 4. The molecule has 1 amide bonds. The number of halogens is 3. The zero-order valence-electron chi connectivity index (χ0n) is 14.5. The van der Waals surface area contributed by atoms with Crippen LogP contribution in [0.3, 0.4) is 0 Å². The minimum Gasteiger partial charge on any atom is -0.467 e. The smallest absolute Gasteiger partial charge is 0.467 e. The van der Waals surface area contributed by atoms with Crippen molar-refractivity contribution in [2.75, 3.05) is 7.11 Å². The van der Waals surface area contributed by atoms with Crippen molar-refractivity contribution in [2.45, 2.75) is 18.6 Å². The van der Waals surface area contributed by atoms with Crippen molar-refractivity contribution in [1.82, 2.24) is 25.1 Å². The van der Waals surface area contributed by atoms with Gasteiger partial charge in [-0.05, 0) is 12.1 Å². The fourth-order valence-corrected chi connectivity index (χ4v) is 2.48. The molecule has 2 heterocycles. The van der Waals surface area contributed by atoms with Crippen LogP contribution in [0.15, 0.2) is 42.5 Å². The summed E-state index contributed by atoms with van der Waals surface area (Å²) < 4.78 is 43.4. The van der Waals surface area contributed by atoms with E-state index in [0.717, 1.165) is 12.7 Å². The van der Waals surface area contributed by atoms with Crippen LogP contribution in [0, 0.1) is 0 Å². The first-order valence-corrected chi connectivity index (χ1v) is 8.02. The maximum Gasteiger partial charge on any atom is 0.471 e. The highest BCUT2D eigenvalue weighted by atomic mass is 19.4. The summed E-state index contributed by atoms with van der Waals surface area (Å²) in [5.74, 6) is -3.21. The number of amides is 1. The summed E-state index contributed by atoms with van der Waals surface area (Å²) in [6, 6.07) is 10.9. The van der Waals surface area contributed by atoms with Crippen molar-refractivity contribution in [3.63, 3.8) is 0 Å². The molecule has 0 aliphatic carbocycles. The van der Waals surface area contributed by atoms with Gasteiger partial charge < -0.3 is 10.1 Å². The molecule has 2 aromatic heterocycles. The van der Waals surface area contributed by atoms with Crippen LogP contribution in [0.25, 0.3) is 16.9 Å². The number of hydrogen-bond acceptors (Lipinski definition) is 6. The summed E-state index contributed by atoms with van der Waals surface area (Å²) in [7, 11) is 1.00. The third kappa shape index (κ3) is 4.08. The number of fused-ring (bicyclic) bond motifs is 1. The lowest BCUT2D eigenvalue weighted by Crippen LogP contribution is -2.48. The molecule has 3 rings (SSSR count). The van der Waals surface area contributed by atoms with Crippen LogP contribution in [-0.2, 0) is 20.7 Å². The Kier molecular flexibility index (Phi) is 5.25. The van der Waals surface area contributed by atoms with E-state index >= 15 is 0 Å². The summed E-state index contributed by atoms with van der Waals surface area (Å²) in [5.41, 5.74) is 1.71. The molecule has 0 saturated carbocycles. The third-order valence-corrected chi connectivity index (χ3v) is 3.83. The van der Waals surface area contributed by atoms with Gasteiger partial charge in [-0.15, -0.1) is 10.2 Å². The van der Waals surface area contributed by atoms with Crippen molar-refractivity contribution < 1.29 is 27.5 Å². The molecule has 146 valence electrons. The van der Waals surface area contributed by atoms with Gasteiger partial charge >= 0.3 is 18.1 Å². The van der Waals surface area contributed by atoms with Crippen LogP contribution < -0.4 is 5.32 Å². The Morgan fingerprint density at radius 1 is 1.14 bits per heavy atom. The molecule has 0 radical (unpaired) electrons. The fourth-order valence-electron chi connectivity index (χ4n) is 2.48. The van der Waals surface area contributed by atoms with Crippen LogP contribution >= 0.6 is 0 Å². The van der Waals surface area contributed by atoms with E-state index in [1.165, 1.54) is 4.52 Å². The highest BCUT2D eigenvalue weighted by Crippen LogP contribution is 2.18. The normalized spacial score (nSPS) is 12.6. The predicted molar refractivity (Wildman–Crippen MR) is 89.9 cm³/mol. The molecule has 8 nitrogen and oxygen atoms in total. The minimum atomic E-state index is -5.14. The molecule has 3 aromatic rings. The van der Waals surface area contributed by atoms with E-state index in [2.05, 4.69) is 20.0 Å². The lowest BCUT2D eigenvalue weighted by Gasteiger charge is -2.16. The van der Waals surface area contributed by atoms with Gasteiger partial charge in [-0.1, -0.05) is 30.3 Å². The van der Waals surface area contributed by atoms with E-state index in [1.807, 2.05) is 30.3 Å².